The largest absolute Gasteiger partial charge is 0.444 e. The van der Waals surface area contributed by atoms with Gasteiger partial charge < -0.3 is 28.7 Å². The average molecular weight is 763 g/mol. The second kappa shape index (κ2) is 18.3. The number of aryl methyl sites for hydroxylation is 1. The molecule has 0 N–H and O–H groups in total. The molecule has 3 aromatic rings. The van der Waals surface area contributed by atoms with E-state index in [1.807, 2.05) is 97.0 Å². The molecule has 0 aliphatic carbocycles. The molecule has 0 spiro atoms. The number of carbonyl (C=O) groups excluding carboxylic acids is 3. The zero-order valence-electron chi connectivity index (χ0n) is 34.2. The fourth-order valence-electron chi connectivity index (χ4n) is 6.15. The fraction of sp³-hybridized carbons (Fsp3) is 0.535. The monoisotopic (exact) mass is 762 g/mol. The Balaban J connectivity index is 1.56. The first kappa shape index (κ1) is 43.0. The van der Waals surface area contributed by atoms with Crippen LogP contribution in [0.4, 0.5) is 24.6 Å². The van der Waals surface area contributed by atoms with Crippen LogP contribution in [-0.2, 0) is 38.3 Å². The Bertz CT molecular complexity index is 1750. The maximum Gasteiger partial charge on any atom is 0.416 e. The molecule has 1 aromatic heterocycles. The second-order valence-corrected chi connectivity index (χ2v) is 17.2. The van der Waals surface area contributed by atoms with Gasteiger partial charge in [0, 0.05) is 31.2 Å². The van der Waals surface area contributed by atoms with E-state index in [4.69, 9.17) is 23.9 Å². The molecule has 55 heavy (non-hydrogen) atoms. The van der Waals surface area contributed by atoms with Crippen molar-refractivity contribution in [3.05, 3.63) is 94.9 Å². The number of likely N-dealkylation sites (tertiary alicyclic amines) is 1. The van der Waals surface area contributed by atoms with Crippen molar-refractivity contribution in [1.29, 1.82) is 0 Å². The molecular formula is C43H59FN4O7. The summed E-state index contributed by atoms with van der Waals surface area (Å²) in [7, 11) is 0. The first-order chi connectivity index (χ1) is 25.6. The van der Waals surface area contributed by atoms with Crippen LogP contribution in [0.25, 0.3) is 0 Å². The predicted octanol–water partition coefficient (Wildman–Crippen LogP) is 8.75. The molecule has 2 heterocycles. The highest BCUT2D eigenvalue weighted by Crippen LogP contribution is 2.28. The molecule has 300 valence electrons. The maximum atomic E-state index is 13.9. The number of amides is 3. The lowest BCUT2D eigenvalue weighted by atomic mass is 9.98. The number of aromatic nitrogens is 1. The Labute approximate surface area is 326 Å². The van der Waals surface area contributed by atoms with Gasteiger partial charge in [-0.2, -0.15) is 0 Å². The number of hydrogen-bond acceptors (Lipinski definition) is 8. The minimum absolute atomic E-state index is 0.168. The number of pyridine rings is 1. The van der Waals surface area contributed by atoms with E-state index in [1.165, 1.54) is 12.1 Å². The molecule has 0 saturated carbocycles. The van der Waals surface area contributed by atoms with E-state index in [2.05, 4.69) is 0 Å². The van der Waals surface area contributed by atoms with Gasteiger partial charge in [0.05, 0.1) is 25.8 Å². The lowest BCUT2D eigenvalue weighted by Gasteiger charge is -2.28. The van der Waals surface area contributed by atoms with Crippen LogP contribution in [0.1, 0.15) is 84.7 Å². The fourth-order valence-corrected chi connectivity index (χ4v) is 6.15. The SMILES string of the molecule is Cc1cc(CC2CN(C(=O)OC(C)(C)C)CC2OCCN(CCc2cccc(F)c2)C(=O)OC(C)(C)C)nc(N(Cc2ccccc2)C(=O)OC(C)(C)C)c1. The number of anilines is 1. The van der Waals surface area contributed by atoms with E-state index in [9.17, 15) is 18.8 Å². The Hall–Kier alpha value is -4.71. The molecular weight excluding hydrogens is 703 g/mol. The highest BCUT2D eigenvalue weighted by molar-refractivity contribution is 5.86. The smallest absolute Gasteiger partial charge is 0.416 e. The van der Waals surface area contributed by atoms with Gasteiger partial charge in [-0.3, -0.25) is 4.90 Å². The van der Waals surface area contributed by atoms with Crippen molar-refractivity contribution < 1.29 is 37.7 Å². The zero-order chi connectivity index (χ0) is 40.6. The van der Waals surface area contributed by atoms with Gasteiger partial charge in [-0.25, -0.2) is 23.8 Å². The zero-order valence-corrected chi connectivity index (χ0v) is 34.2. The van der Waals surface area contributed by atoms with Gasteiger partial charge in [0.15, 0.2) is 0 Å². The lowest BCUT2D eigenvalue weighted by molar-refractivity contribution is -0.000927. The quantitative estimate of drug-likeness (QED) is 0.169. The minimum Gasteiger partial charge on any atom is -0.444 e. The summed E-state index contributed by atoms with van der Waals surface area (Å²) in [5.41, 5.74) is 1.22. The molecule has 11 nitrogen and oxygen atoms in total. The summed E-state index contributed by atoms with van der Waals surface area (Å²) < 4.78 is 37.6. The van der Waals surface area contributed by atoms with E-state index in [0.29, 0.717) is 31.7 Å². The third kappa shape index (κ3) is 14.5. The van der Waals surface area contributed by atoms with Crippen LogP contribution in [0, 0.1) is 18.7 Å². The average Bonchev–Trinajstić information content (AvgIpc) is 3.45. The normalized spacial score (nSPS) is 16.1. The number of ether oxygens (including phenoxy) is 4. The number of halogens is 1. The molecule has 1 saturated heterocycles. The van der Waals surface area contributed by atoms with Gasteiger partial charge in [0.25, 0.3) is 0 Å². The van der Waals surface area contributed by atoms with Crippen molar-refractivity contribution in [2.75, 3.05) is 37.7 Å². The van der Waals surface area contributed by atoms with Crippen molar-refractivity contribution in [2.24, 2.45) is 5.92 Å². The van der Waals surface area contributed by atoms with Crippen LogP contribution in [0.2, 0.25) is 0 Å². The Morgan fingerprint density at radius 1 is 0.782 bits per heavy atom. The van der Waals surface area contributed by atoms with Gasteiger partial charge in [0.2, 0.25) is 0 Å². The molecule has 3 amide bonds. The van der Waals surface area contributed by atoms with E-state index in [1.54, 1.807) is 41.5 Å². The van der Waals surface area contributed by atoms with Crippen LogP contribution in [0.5, 0.6) is 0 Å². The Morgan fingerprint density at radius 3 is 2.05 bits per heavy atom. The Kier molecular flexibility index (Phi) is 14.3. The number of nitrogens with zero attached hydrogens (tertiary/aromatic N) is 4. The van der Waals surface area contributed by atoms with Crippen LogP contribution in [0.15, 0.2) is 66.7 Å². The van der Waals surface area contributed by atoms with Gasteiger partial charge in [0.1, 0.15) is 28.4 Å². The van der Waals surface area contributed by atoms with Crippen molar-refractivity contribution in [2.45, 2.75) is 112 Å². The molecule has 4 rings (SSSR count). The molecule has 0 bridgehead atoms. The first-order valence-electron chi connectivity index (χ1n) is 19.0. The summed E-state index contributed by atoms with van der Waals surface area (Å²) in [6.07, 6.45) is -0.972. The van der Waals surface area contributed by atoms with Gasteiger partial charge in [-0.1, -0.05) is 42.5 Å². The standard InChI is InChI=1S/C43H59FN4O7/c1-30-23-35(45-37(24-30)48(40(51)55-43(8,9)10)27-32-15-12-11-13-16-32)26-33-28-47(39(50)54-42(5,6)7)29-36(33)52-22-21-46(38(49)53-41(2,3)4)20-19-31-17-14-18-34(44)25-31/h11-18,23-25,33,36H,19-22,26-29H2,1-10H3. The molecule has 2 unspecified atom stereocenters. The highest BCUT2D eigenvalue weighted by atomic mass is 19.1. The molecule has 1 aliphatic rings. The number of carbonyl (C=O) groups is 3. The third-order valence-corrected chi connectivity index (χ3v) is 8.49. The van der Waals surface area contributed by atoms with E-state index in [-0.39, 0.29) is 38.0 Å². The van der Waals surface area contributed by atoms with E-state index < -0.39 is 41.2 Å². The Morgan fingerprint density at radius 2 is 1.42 bits per heavy atom. The molecule has 2 atom stereocenters. The van der Waals surface area contributed by atoms with Crippen molar-refractivity contribution in [1.82, 2.24) is 14.8 Å². The summed E-state index contributed by atoms with van der Waals surface area (Å²) in [4.78, 5) is 49.9. The van der Waals surface area contributed by atoms with Crippen molar-refractivity contribution >= 4 is 24.1 Å². The first-order valence-corrected chi connectivity index (χ1v) is 19.0. The topological polar surface area (TPSA) is 111 Å². The maximum absolute atomic E-state index is 13.9. The summed E-state index contributed by atoms with van der Waals surface area (Å²) in [6, 6.07) is 19.8. The van der Waals surface area contributed by atoms with Crippen molar-refractivity contribution in [3.63, 3.8) is 0 Å². The summed E-state index contributed by atoms with van der Waals surface area (Å²) in [5.74, 6) is -0.0599. The third-order valence-electron chi connectivity index (χ3n) is 8.49. The number of rotatable bonds is 12. The number of benzene rings is 2. The molecule has 2 aromatic carbocycles. The van der Waals surface area contributed by atoms with Crippen LogP contribution in [0.3, 0.4) is 0 Å². The van der Waals surface area contributed by atoms with Gasteiger partial charge >= 0.3 is 18.3 Å². The van der Waals surface area contributed by atoms with Crippen LogP contribution >= 0.6 is 0 Å². The molecule has 0 radical (unpaired) electrons. The van der Waals surface area contributed by atoms with Crippen LogP contribution < -0.4 is 4.90 Å². The molecule has 12 heteroatoms. The van der Waals surface area contributed by atoms with E-state index >= 15 is 0 Å². The highest BCUT2D eigenvalue weighted by Gasteiger charge is 2.38. The van der Waals surface area contributed by atoms with Crippen molar-refractivity contribution in [3.8, 4) is 0 Å². The molecule has 1 fully saturated rings. The van der Waals surface area contributed by atoms with E-state index in [0.717, 1.165) is 22.4 Å². The molecule has 1 aliphatic heterocycles. The van der Waals surface area contributed by atoms with Crippen LogP contribution in [-0.4, -0.2) is 88.8 Å². The second-order valence-electron chi connectivity index (χ2n) is 17.2. The van der Waals surface area contributed by atoms with Gasteiger partial charge in [-0.15, -0.1) is 0 Å². The summed E-state index contributed by atoms with van der Waals surface area (Å²) >= 11 is 0. The predicted molar refractivity (Wildman–Crippen MR) is 210 cm³/mol. The number of hydrogen-bond donors (Lipinski definition) is 0. The summed E-state index contributed by atoms with van der Waals surface area (Å²) in [5, 5.41) is 0. The minimum atomic E-state index is -0.712. The summed E-state index contributed by atoms with van der Waals surface area (Å²) in [6.45, 7) is 19.9. The lowest BCUT2D eigenvalue weighted by Crippen LogP contribution is -2.41. The van der Waals surface area contributed by atoms with Gasteiger partial charge in [-0.05, 0) is 123 Å².